The van der Waals surface area contributed by atoms with Gasteiger partial charge in [0.1, 0.15) is 19.0 Å². The zero-order valence-electron chi connectivity index (χ0n) is 14.9. The Bertz CT molecular complexity index is 824. The number of nitrogens with one attached hydrogen (secondary N) is 1. The lowest BCUT2D eigenvalue weighted by Crippen LogP contribution is -2.37. The predicted octanol–water partition coefficient (Wildman–Crippen LogP) is 4.29. The number of carbonyl (C=O) groups excluding carboxylic acids is 1. The number of alkyl halides is 3. The maximum Gasteiger partial charge on any atom is 0.411 e. The molecular formula is C20H19ClF3NO3. The topological polar surface area (TPSA) is 47.6 Å². The molecule has 1 aliphatic rings. The standard InChI is InChI=1S/C20H19ClF3NO3/c21-17-5-6-18-15(8-17)7-16(11-28-18)19(26)25-9-13-1-3-14(4-2-13)10-27-12-20(22,23)24/h1-6,8,16H,7,9-12H2,(H,25,26). The summed E-state index contributed by atoms with van der Waals surface area (Å²) in [6, 6.07) is 12.2. The summed E-state index contributed by atoms with van der Waals surface area (Å²) in [6.07, 6.45) is -3.78. The Hall–Kier alpha value is -2.25. The van der Waals surface area contributed by atoms with Crippen molar-refractivity contribution in [2.24, 2.45) is 5.92 Å². The number of ether oxygens (including phenoxy) is 2. The molecular weight excluding hydrogens is 395 g/mol. The van der Waals surface area contributed by atoms with Gasteiger partial charge in [0, 0.05) is 11.6 Å². The first-order valence-corrected chi connectivity index (χ1v) is 9.09. The van der Waals surface area contributed by atoms with Crippen molar-refractivity contribution in [3.63, 3.8) is 0 Å². The normalized spacial score (nSPS) is 16.2. The first-order valence-electron chi connectivity index (χ1n) is 8.71. The third-order valence-electron chi connectivity index (χ3n) is 4.32. The molecule has 28 heavy (non-hydrogen) atoms. The Labute approximate surface area is 165 Å². The van der Waals surface area contributed by atoms with E-state index >= 15 is 0 Å². The number of halogens is 4. The van der Waals surface area contributed by atoms with Crippen molar-refractivity contribution in [1.82, 2.24) is 5.32 Å². The fourth-order valence-electron chi connectivity index (χ4n) is 2.90. The fourth-order valence-corrected chi connectivity index (χ4v) is 3.10. The van der Waals surface area contributed by atoms with E-state index in [1.807, 2.05) is 0 Å². The van der Waals surface area contributed by atoms with Crippen LogP contribution in [-0.4, -0.2) is 25.3 Å². The lowest BCUT2D eigenvalue weighted by atomic mass is 9.96. The zero-order chi connectivity index (χ0) is 20.1. The predicted molar refractivity (Wildman–Crippen MR) is 98.1 cm³/mol. The van der Waals surface area contributed by atoms with Crippen LogP contribution < -0.4 is 10.1 Å². The molecule has 1 unspecified atom stereocenters. The lowest BCUT2D eigenvalue weighted by Gasteiger charge is -2.24. The molecule has 0 bridgehead atoms. The Morgan fingerprint density at radius 1 is 1.18 bits per heavy atom. The van der Waals surface area contributed by atoms with E-state index < -0.39 is 12.8 Å². The maximum atomic E-state index is 12.4. The number of rotatable bonds is 6. The summed E-state index contributed by atoms with van der Waals surface area (Å²) < 4.78 is 46.5. The first kappa shape index (κ1) is 20.5. The summed E-state index contributed by atoms with van der Waals surface area (Å²) in [6.45, 7) is -0.770. The minimum atomic E-state index is -4.33. The molecule has 1 amide bonds. The molecule has 0 aromatic heterocycles. The SMILES string of the molecule is O=C(NCc1ccc(COCC(F)(F)F)cc1)C1COc2ccc(Cl)cc2C1. The third kappa shape index (κ3) is 5.87. The van der Waals surface area contributed by atoms with E-state index in [9.17, 15) is 18.0 Å². The monoisotopic (exact) mass is 413 g/mol. The van der Waals surface area contributed by atoms with Crippen LogP contribution in [0.2, 0.25) is 5.02 Å². The number of hydrogen-bond donors (Lipinski definition) is 1. The van der Waals surface area contributed by atoms with Gasteiger partial charge >= 0.3 is 6.18 Å². The highest BCUT2D eigenvalue weighted by molar-refractivity contribution is 6.30. The van der Waals surface area contributed by atoms with Gasteiger partial charge in [0.15, 0.2) is 0 Å². The highest BCUT2D eigenvalue weighted by Crippen LogP contribution is 2.29. The van der Waals surface area contributed by atoms with E-state index in [-0.39, 0.29) is 18.4 Å². The second-order valence-electron chi connectivity index (χ2n) is 6.61. The summed E-state index contributed by atoms with van der Waals surface area (Å²) in [7, 11) is 0. The Balaban J connectivity index is 1.47. The summed E-state index contributed by atoms with van der Waals surface area (Å²) in [5.74, 6) is 0.320. The average molecular weight is 414 g/mol. The van der Waals surface area contributed by atoms with Gasteiger partial charge in [-0.15, -0.1) is 0 Å². The second kappa shape index (κ2) is 8.84. The number of fused-ring (bicyclic) bond motifs is 1. The molecule has 1 aliphatic heterocycles. The van der Waals surface area contributed by atoms with Crippen LogP contribution in [0.5, 0.6) is 5.75 Å². The molecule has 8 heteroatoms. The molecule has 1 N–H and O–H groups in total. The lowest BCUT2D eigenvalue weighted by molar-refractivity contribution is -0.176. The molecule has 4 nitrogen and oxygen atoms in total. The Kier molecular flexibility index (Phi) is 6.46. The van der Waals surface area contributed by atoms with Crippen LogP contribution in [0.15, 0.2) is 42.5 Å². The molecule has 0 spiro atoms. The Morgan fingerprint density at radius 2 is 1.89 bits per heavy atom. The van der Waals surface area contributed by atoms with E-state index in [1.165, 1.54) is 0 Å². The zero-order valence-corrected chi connectivity index (χ0v) is 15.6. The van der Waals surface area contributed by atoms with E-state index in [1.54, 1.807) is 42.5 Å². The van der Waals surface area contributed by atoms with E-state index in [0.717, 1.165) is 16.9 Å². The number of benzene rings is 2. The molecule has 1 heterocycles. The van der Waals surface area contributed by atoms with Gasteiger partial charge in [-0.1, -0.05) is 35.9 Å². The molecule has 0 saturated heterocycles. The summed E-state index contributed by atoms with van der Waals surface area (Å²) in [5.41, 5.74) is 2.38. The molecule has 0 saturated carbocycles. The van der Waals surface area contributed by atoms with Crippen molar-refractivity contribution in [2.75, 3.05) is 13.2 Å². The molecule has 0 fully saturated rings. The van der Waals surface area contributed by atoms with Crippen molar-refractivity contribution >= 4 is 17.5 Å². The van der Waals surface area contributed by atoms with Crippen molar-refractivity contribution in [3.05, 3.63) is 64.2 Å². The second-order valence-corrected chi connectivity index (χ2v) is 7.04. The molecule has 0 radical (unpaired) electrons. The van der Waals surface area contributed by atoms with Crippen molar-refractivity contribution in [2.45, 2.75) is 25.7 Å². The van der Waals surface area contributed by atoms with Crippen LogP contribution in [0.4, 0.5) is 13.2 Å². The highest BCUT2D eigenvalue weighted by atomic mass is 35.5. The van der Waals surface area contributed by atoms with Crippen LogP contribution in [0.1, 0.15) is 16.7 Å². The van der Waals surface area contributed by atoms with Crippen molar-refractivity contribution < 1.29 is 27.4 Å². The number of hydrogen-bond acceptors (Lipinski definition) is 3. The van der Waals surface area contributed by atoms with Crippen molar-refractivity contribution in [3.8, 4) is 5.75 Å². The maximum absolute atomic E-state index is 12.4. The fraction of sp³-hybridized carbons (Fsp3) is 0.350. The van der Waals surface area contributed by atoms with Gasteiger partial charge in [0.25, 0.3) is 0 Å². The minimum Gasteiger partial charge on any atom is -0.492 e. The minimum absolute atomic E-state index is 0.118. The number of amides is 1. The molecule has 150 valence electrons. The summed E-state index contributed by atoms with van der Waals surface area (Å²) >= 11 is 5.99. The van der Waals surface area contributed by atoms with E-state index in [0.29, 0.717) is 30.2 Å². The smallest absolute Gasteiger partial charge is 0.411 e. The van der Waals surface area contributed by atoms with Gasteiger partial charge in [0.2, 0.25) is 5.91 Å². The number of carbonyl (C=O) groups is 1. The molecule has 2 aromatic carbocycles. The van der Waals surface area contributed by atoms with Gasteiger partial charge in [-0.05, 0) is 41.3 Å². The van der Waals surface area contributed by atoms with E-state index in [4.69, 9.17) is 16.3 Å². The average Bonchev–Trinajstić information content (AvgIpc) is 2.65. The summed E-state index contributed by atoms with van der Waals surface area (Å²) in [4.78, 5) is 12.4. The molecule has 0 aliphatic carbocycles. The summed E-state index contributed by atoms with van der Waals surface area (Å²) in [5, 5.41) is 3.46. The van der Waals surface area contributed by atoms with Crippen molar-refractivity contribution in [1.29, 1.82) is 0 Å². The van der Waals surface area contributed by atoms with Gasteiger partial charge in [-0.3, -0.25) is 4.79 Å². The highest BCUT2D eigenvalue weighted by Gasteiger charge is 2.27. The Morgan fingerprint density at radius 3 is 2.61 bits per heavy atom. The molecule has 1 atom stereocenters. The quantitative estimate of drug-likeness (QED) is 0.768. The van der Waals surface area contributed by atoms with Gasteiger partial charge < -0.3 is 14.8 Å². The molecule has 3 rings (SSSR count). The molecule has 2 aromatic rings. The first-order chi connectivity index (χ1) is 13.3. The van der Waals surface area contributed by atoms with Crippen LogP contribution in [0.3, 0.4) is 0 Å². The van der Waals surface area contributed by atoms with Gasteiger partial charge in [0.05, 0.1) is 12.5 Å². The van der Waals surface area contributed by atoms with Crippen LogP contribution >= 0.6 is 11.6 Å². The van der Waals surface area contributed by atoms with Crippen LogP contribution in [-0.2, 0) is 29.1 Å². The van der Waals surface area contributed by atoms with Gasteiger partial charge in [-0.2, -0.15) is 13.2 Å². The van der Waals surface area contributed by atoms with E-state index in [2.05, 4.69) is 10.1 Å². The van der Waals surface area contributed by atoms with Gasteiger partial charge in [-0.25, -0.2) is 0 Å². The van der Waals surface area contributed by atoms with Crippen LogP contribution in [0, 0.1) is 5.92 Å². The largest absolute Gasteiger partial charge is 0.492 e. The van der Waals surface area contributed by atoms with Crippen LogP contribution in [0.25, 0.3) is 0 Å². The third-order valence-corrected chi connectivity index (χ3v) is 4.56.